The molecular formula is C21H18N4O2S. The minimum absolute atomic E-state index is 0.148. The van der Waals surface area contributed by atoms with Gasteiger partial charge in [-0.3, -0.25) is 14.6 Å². The molecule has 0 bridgehead atoms. The molecule has 0 spiro atoms. The van der Waals surface area contributed by atoms with E-state index in [2.05, 4.69) is 15.3 Å². The van der Waals surface area contributed by atoms with E-state index in [0.717, 1.165) is 11.1 Å². The zero-order chi connectivity index (χ0) is 19.7. The number of fused-ring (bicyclic) bond motifs is 1. The molecule has 0 saturated heterocycles. The standard InChI is InChI=1S/C21H18N4O2S/c1-13-16-20(23-12-25(2)21(16)27)28-18(13)19(26)24-17(14-7-4-3-5-8-14)15-9-6-10-22-11-15/h3-12,17H,1-2H3,(H,24,26)/t17-/m0/s1. The van der Waals surface area contributed by atoms with Crippen molar-refractivity contribution in [1.29, 1.82) is 0 Å². The monoisotopic (exact) mass is 390 g/mol. The third-order valence-electron chi connectivity index (χ3n) is 4.64. The predicted octanol–water partition coefficient (Wildman–Crippen LogP) is 3.22. The normalized spacial score (nSPS) is 12.1. The highest BCUT2D eigenvalue weighted by Crippen LogP contribution is 2.28. The van der Waals surface area contributed by atoms with Crippen molar-refractivity contribution in [1.82, 2.24) is 19.9 Å². The number of rotatable bonds is 4. The van der Waals surface area contributed by atoms with E-state index in [1.165, 1.54) is 22.2 Å². The number of aryl methyl sites for hydroxylation is 2. The van der Waals surface area contributed by atoms with Gasteiger partial charge >= 0.3 is 0 Å². The lowest BCUT2D eigenvalue weighted by atomic mass is 10.00. The number of benzene rings is 1. The van der Waals surface area contributed by atoms with Gasteiger partial charge in [-0.1, -0.05) is 36.4 Å². The van der Waals surface area contributed by atoms with E-state index in [1.807, 2.05) is 42.5 Å². The fourth-order valence-corrected chi connectivity index (χ4v) is 4.22. The van der Waals surface area contributed by atoms with Gasteiger partial charge in [0.15, 0.2) is 0 Å². The summed E-state index contributed by atoms with van der Waals surface area (Å²) < 4.78 is 1.42. The highest BCUT2D eigenvalue weighted by molar-refractivity contribution is 7.20. The van der Waals surface area contributed by atoms with E-state index in [0.29, 0.717) is 20.7 Å². The number of nitrogens with zero attached hydrogens (tertiary/aromatic N) is 3. The van der Waals surface area contributed by atoms with Gasteiger partial charge in [-0.25, -0.2) is 4.98 Å². The van der Waals surface area contributed by atoms with Gasteiger partial charge < -0.3 is 9.88 Å². The smallest absolute Gasteiger partial charge is 0.262 e. The van der Waals surface area contributed by atoms with Crippen LogP contribution in [0.15, 0.2) is 66.0 Å². The second-order valence-electron chi connectivity index (χ2n) is 6.50. The summed E-state index contributed by atoms with van der Waals surface area (Å²) in [6.07, 6.45) is 4.92. The topological polar surface area (TPSA) is 76.9 Å². The summed E-state index contributed by atoms with van der Waals surface area (Å²) in [7, 11) is 1.65. The predicted molar refractivity (Wildman–Crippen MR) is 110 cm³/mol. The van der Waals surface area contributed by atoms with E-state index in [1.54, 1.807) is 26.4 Å². The van der Waals surface area contributed by atoms with Crippen molar-refractivity contribution in [3.63, 3.8) is 0 Å². The van der Waals surface area contributed by atoms with Gasteiger partial charge in [0.05, 0.1) is 22.6 Å². The van der Waals surface area contributed by atoms with Crippen molar-refractivity contribution in [2.24, 2.45) is 7.05 Å². The lowest BCUT2D eigenvalue weighted by molar-refractivity contribution is 0.0946. The van der Waals surface area contributed by atoms with Crippen LogP contribution in [0.4, 0.5) is 0 Å². The molecule has 0 aliphatic carbocycles. The van der Waals surface area contributed by atoms with Crippen molar-refractivity contribution < 1.29 is 4.79 Å². The molecule has 6 nitrogen and oxygen atoms in total. The first-order valence-corrected chi connectivity index (χ1v) is 9.58. The molecule has 1 atom stereocenters. The van der Waals surface area contributed by atoms with Gasteiger partial charge in [-0.05, 0) is 29.7 Å². The van der Waals surface area contributed by atoms with Crippen LogP contribution in [-0.4, -0.2) is 20.4 Å². The molecule has 3 heterocycles. The average molecular weight is 390 g/mol. The third kappa shape index (κ3) is 3.20. The van der Waals surface area contributed by atoms with E-state index >= 15 is 0 Å². The number of hydrogen-bond donors (Lipinski definition) is 1. The maximum absolute atomic E-state index is 13.1. The molecule has 4 aromatic rings. The number of carbonyl (C=O) groups is 1. The van der Waals surface area contributed by atoms with Crippen molar-refractivity contribution in [2.45, 2.75) is 13.0 Å². The first kappa shape index (κ1) is 18.1. The van der Waals surface area contributed by atoms with E-state index in [4.69, 9.17) is 0 Å². The van der Waals surface area contributed by atoms with Crippen LogP contribution in [0, 0.1) is 6.92 Å². The molecule has 0 fully saturated rings. The van der Waals surface area contributed by atoms with E-state index < -0.39 is 0 Å². The molecule has 28 heavy (non-hydrogen) atoms. The fraction of sp³-hybridized carbons (Fsp3) is 0.143. The summed E-state index contributed by atoms with van der Waals surface area (Å²) in [5, 5.41) is 3.59. The van der Waals surface area contributed by atoms with Gasteiger partial charge in [0.1, 0.15) is 4.83 Å². The lowest BCUT2D eigenvalue weighted by Crippen LogP contribution is -2.29. The fourth-order valence-electron chi connectivity index (χ4n) is 3.17. The number of nitrogens with one attached hydrogen (secondary N) is 1. The van der Waals surface area contributed by atoms with E-state index in [-0.39, 0.29) is 17.5 Å². The van der Waals surface area contributed by atoms with Crippen LogP contribution in [0.1, 0.15) is 32.4 Å². The Hall–Kier alpha value is -3.32. The minimum atomic E-state index is -0.345. The first-order valence-electron chi connectivity index (χ1n) is 8.76. The molecule has 140 valence electrons. The largest absolute Gasteiger partial charge is 0.340 e. The van der Waals surface area contributed by atoms with Gasteiger partial charge in [0, 0.05) is 19.4 Å². The summed E-state index contributed by atoms with van der Waals surface area (Å²) in [4.78, 5) is 35.1. The second kappa shape index (κ2) is 7.36. The van der Waals surface area contributed by atoms with Crippen molar-refractivity contribution in [3.8, 4) is 0 Å². The summed E-state index contributed by atoms with van der Waals surface area (Å²) >= 11 is 1.24. The van der Waals surface area contributed by atoms with Crippen LogP contribution in [0.3, 0.4) is 0 Å². The maximum atomic E-state index is 13.1. The third-order valence-corrected chi connectivity index (χ3v) is 5.84. The molecule has 0 unspecified atom stereocenters. The van der Waals surface area contributed by atoms with E-state index in [9.17, 15) is 9.59 Å². The Morgan fingerprint density at radius 3 is 2.61 bits per heavy atom. The number of aromatic nitrogens is 3. The molecule has 1 amide bonds. The van der Waals surface area contributed by atoms with Crippen molar-refractivity contribution in [3.05, 3.63) is 93.1 Å². The quantitative estimate of drug-likeness (QED) is 0.580. The molecule has 0 saturated carbocycles. The Balaban J connectivity index is 1.75. The van der Waals surface area contributed by atoms with Gasteiger partial charge in [0.25, 0.3) is 11.5 Å². The number of pyridine rings is 1. The molecule has 4 rings (SSSR count). The summed E-state index contributed by atoms with van der Waals surface area (Å²) in [5.41, 5.74) is 2.35. The SMILES string of the molecule is Cc1c(C(=O)N[C@@H](c2ccccc2)c2cccnc2)sc2ncn(C)c(=O)c12. The maximum Gasteiger partial charge on any atom is 0.262 e. The molecule has 0 aliphatic rings. The van der Waals surface area contributed by atoms with Crippen molar-refractivity contribution in [2.75, 3.05) is 0 Å². The number of amides is 1. The molecule has 1 aromatic carbocycles. The molecule has 7 heteroatoms. The number of hydrogen-bond acceptors (Lipinski definition) is 5. The minimum Gasteiger partial charge on any atom is -0.340 e. The Morgan fingerprint density at radius 1 is 1.14 bits per heavy atom. The summed E-state index contributed by atoms with van der Waals surface area (Å²) in [5.74, 6) is -0.236. The lowest BCUT2D eigenvalue weighted by Gasteiger charge is -2.19. The van der Waals surface area contributed by atoms with Gasteiger partial charge in [-0.2, -0.15) is 0 Å². The van der Waals surface area contributed by atoms with Crippen LogP contribution in [0.2, 0.25) is 0 Å². The highest BCUT2D eigenvalue weighted by Gasteiger charge is 2.23. The molecule has 0 radical (unpaired) electrons. The van der Waals surface area contributed by atoms with Crippen LogP contribution in [0.25, 0.3) is 10.2 Å². The van der Waals surface area contributed by atoms with Gasteiger partial charge in [0.2, 0.25) is 0 Å². The van der Waals surface area contributed by atoms with Crippen LogP contribution in [-0.2, 0) is 7.05 Å². The zero-order valence-electron chi connectivity index (χ0n) is 15.4. The Morgan fingerprint density at radius 2 is 1.89 bits per heavy atom. The molecule has 0 aliphatic heterocycles. The Labute approximate surface area is 165 Å². The molecular weight excluding hydrogens is 372 g/mol. The Bertz CT molecular complexity index is 1160. The van der Waals surface area contributed by atoms with Crippen LogP contribution < -0.4 is 10.9 Å². The van der Waals surface area contributed by atoms with Crippen LogP contribution >= 0.6 is 11.3 Å². The highest BCUT2D eigenvalue weighted by atomic mass is 32.1. The summed E-state index contributed by atoms with van der Waals surface area (Å²) in [6.45, 7) is 1.79. The molecule has 3 aromatic heterocycles. The average Bonchev–Trinajstić information content (AvgIpc) is 3.07. The number of carbonyl (C=O) groups excluding carboxylic acids is 1. The second-order valence-corrected chi connectivity index (χ2v) is 7.50. The number of thiophene rings is 1. The zero-order valence-corrected chi connectivity index (χ0v) is 16.2. The molecule has 1 N–H and O–H groups in total. The van der Waals surface area contributed by atoms with Crippen molar-refractivity contribution >= 4 is 27.5 Å². The Kier molecular flexibility index (Phi) is 4.75. The summed E-state index contributed by atoms with van der Waals surface area (Å²) in [6, 6.07) is 13.2. The van der Waals surface area contributed by atoms with Gasteiger partial charge in [-0.15, -0.1) is 11.3 Å². The van der Waals surface area contributed by atoms with Crippen LogP contribution in [0.5, 0.6) is 0 Å². The first-order chi connectivity index (χ1) is 13.6.